The smallest absolute Gasteiger partial charge is 0.247 e. The van der Waals surface area contributed by atoms with Crippen molar-refractivity contribution in [2.75, 3.05) is 6.54 Å². The number of aliphatic hydroxyl groups is 1. The molecule has 1 aromatic carbocycles. The van der Waals surface area contributed by atoms with Crippen LogP contribution in [-0.2, 0) is 21.2 Å². The van der Waals surface area contributed by atoms with E-state index in [1.807, 2.05) is 6.92 Å². The van der Waals surface area contributed by atoms with E-state index in [1.54, 1.807) is 12.1 Å². The lowest BCUT2D eigenvalue weighted by Gasteiger charge is -2.09. The Hall–Kier alpha value is -1.44. The zero-order valence-corrected chi connectivity index (χ0v) is 10.8. The van der Waals surface area contributed by atoms with Crippen molar-refractivity contribution < 1.29 is 18.3 Å². The first-order chi connectivity index (χ1) is 8.36. The van der Waals surface area contributed by atoms with E-state index in [0.717, 1.165) is 12.0 Å². The number of rotatable bonds is 6. The molecule has 0 heterocycles. The molecule has 0 bridgehead atoms. The molecule has 1 rings (SSSR count). The maximum Gasteiger partial charge on any atom is 0.247 e. The first kappa shape index (κ1) is 14.6. The molecule has 1 atom stereocenters. The van der Waals surface area contributed by atoms with Crippen LogP contribution < -0.4 is 10.5 Å². The molecule has 0 aliphatic rings. The number of nitrogens with two attached hydrogens (primary N) is 1. The average molecular weight is 272 g/mol. The minimum Gasteiger partial charge on any atom is -0.382 e. The molecule has 0 aromatic heterocycles. The van der Waals surface area contributed by atoms with Crippen molar-refractivity contribution in [1.82, 2.24) is 4.72 Å². The Morgan fingerprint density at radius 3 is 2.39 bits per heavy atom. The lowest BCUT2D eigenvalue weighted by Crippen LogP contribution is -2.39. The van der Waals surface area contributed by atoms with Gasteiger partial charge in [-0.05, 0) is 24.1 Å². The monoisotopic (exact) mass is 272 g/mol. The molecule has 100 valence electrons. The first-order valence-corrected chi connectivity index (χ1v) is 6.91. The van der Waals surface area contributed by atoms with E-state index in [4.69, 9.17) is 10.8 Å². The summed E-state index contributed by atoms with van der Waals surface area (Å²) in [6.07, 6.45) is -0.719. The highest BCUT2D eigenvalue weighted by atomic mass is 32.2. The van der Waals surface area contributed by atoms with Crippen LogP contribution in [0.1, 0.15) is 12.5 Å². The van der Waals surface area contributed by atoms with Crippen molar-refractivity contribution in [3.05, 3.63) is 29.8 Å². The standard InChI is InChI=1S/C11H16N2O4S/c1-2-8-3-5-9(6-4-8)18(16,17)13-7-10(14)11(12)15/h3-6,10,13-14H,2,7H2,1H3,(H2,12,15). The van der Waals surface area contributed by atoms with Gasteiger partial charge in [0.1, 0.15) is 6.10 Å². The Morgan fingerprint density at radius 1 is 1.39 bits per heavy atom. The molecule has 0 aliphatic heterocycles. The van der Waals surface area contributed by atoms with Crippen LogP contribution in [0.5, 0.6) is 0 Å². The molecule has 6 nitrogen and oxygen atoms in total. The van der Waals surface area contributed by atoms with E-state index in [1.165, 1.54) is 12.1 Å². The zero-order chi connectivity index (χ0) is 13.8. The number of sulfonamides is 1. The molecular weight excluding hydrogens is 256 g/mol. The van der Waals surface area contributed by atoms with Crippen LogP contribution in [0.4, 0.5) is 0 Å². The Labute approximate surface area is 106 Å². The van der Waals surface area contributed by atoms with Gasteiger partial charge in [0.2, 0.25) is 15.9 Å². The van der Waals surface area contributed by atoms with Gasteiger partial charge in [-0.1, -0.05) is 19.1 Å². The van der Waals surface area contributed by atoms with E-state index in [0.29, 0.717) is 0 Å². The molecule has 0 saturated heterocycles. The minimum atomic E-state index is -3.73. The third kappa shape index (κ3) is 3.80. The van der Waals surface area contributed by atoms with Crippen LogP contribution in [0.3, 0.4) is 0 Å². The summed E-state index contributed by atoms with van der Waals surface area (Å²) in [5.74, 6) is -0.973. The van der Waals surface area contributed by atoms with E-state index in [9.17, 15) is 13.2 Å². The summed E-state index contributed by atoms with van der Waals surface area (Å²) in [5.41, 5.74) is 5.84. The van der Waals surface area contributed by atoms with Gasteiger partial charge in [0, 0.05) is 6.54 Å². The van der Waals surface area contributed by atoms with Gasteiger partial charge >= 0.3 is 0 Å². The highest BCUT2D eigenvalue weighted by Gasteiger charge is 2.18. The van der Waals surface area contributed by atoms with E-state index in [2.05, 4.69) is 4.72 Å². The third-order valence-electron chi connectivity index (χ3n) is 2.44. The first-order valence-electron chi connectivity index (χ1n) is 5.43. The fourth-order valence-corrected chi connectivity index (χ4v) is 2.32. The quantitative estimate of drug-likeness (QED) is 0.640. The largest absolute Gasteiger partial charge is 0.382 e. The zero-order valence-electron chi connectivity index (χ0n) is 9.96. The Kier molecular flexibility index (Phi) is 4.83. The number of carbonyl (C=O) groups excluding carboxylic acids is 1. The van der Waals surface area contributed by atoms with Gasteiger partial charge in [-0.25, -0.2) is 13.1 Å². The molecule has 0 fully saturated rings. The second-order valence-electron chi connectivity index (χ2n) is 3.77. The van der Waals surface area contributed by atoms with Crippen LogP contribution in [0.15, 0.2) is 29.2 Å². The summed E-state index contributed by atoms with van der Waals surface area (Å²) >= 11 is 0. The summed E-state index contributed by atoms with van der Waals surface area (Å²) in [4.78, 5) is 10.7. The van der Waals surface area contributed by atoms with Crippen molar-refractivity contribution in [2.24, 2.45) is 5.73 Å². The van der Waals surface area contributed by atoms with Crippen LogP contribution in [0, 0.1) is 0 Å². The van der Waals surface area contributed by atoms with Crippen LogP contribution in [0.25, 0.3) is 0 Å². The molecule has 0 spiro atoms. The summed E-state index contributed by atoms with van der Waals surface area (Å²) in [5, 5.41) is 9.12. The fourth-order valence-electron chi connectivity index (χ4n) is 1.28. The molecule has 18 heavy (non-hydrogen) atoms. The molecule has 0 radical (unpaired) electrons. The van der Waals surface area contributed by atoms with Gasteiger partial charge < -0.3 is 10.8 Å². The predicted molar refractivity (Wildman–Crippen MR) is 66.2 cm³/mol. The van der Waals surface area contributed by atoms with Gasteiger partial charge in [0.25, 0.3) is 0 Å². The number of hydrogen-bond donors (Lipinski definition) is 3. The second-order valence-corrected chi connectivity index (χ2v) is 5.53. The minimum absolute atomic E-state index is 0.0800. The van der Waals surface area contributed by atoms with E-state index in [-0.39, 0.29) is 4.90 Å². The maximum absolute atomic E-state index is 11.8. The van der Waals surface area contributed by atoms with Crippen LogP contribution in [0.2, 0.25) is 0 Å². The van der Waals surface area contributed by atoms with Crippen molar-refractivity contribution in [2.45, 2.75) is 24.3 Å². The average Bonchev–Trinajstić information content (AvgIpc) is 2.36. The topological polar surface area (TPSA) is 109 Å². The highest BCUT2D eigenvalue weighted by molar-refractivity contribution is 7.89. The number of aliphatic hydroxyl groups excluding tert-OH is 1. The summed E-state index contributed by atoms with van der Waals surface area (Å²) in [6, 6.07) is 6.35. The molecule has 7 heteroatoms. The normalized spacial score (nSPS) is 13.2. The highest BCUT2D eigenvalue weighted by Crippen LogP contribution is 2.10. The van der Waals surface area contributed by atoms with Crippen molar-refractivity contribution >= 4 is 15.9 Å². The van der Waals surface area contributed by atoms with Gasteiger partial charge in [-0.3, -0.25) is 4.79 Å². The predicted octanol–water partition coefficient (Wildman–Crippen LogP) is -0.626. The molecule has 1 unspecified atom stereocenters. The molecule has 0 saturated carbocycles. The Bertz CT molecular complexity index is 510. The van der Waals surface area contributed by atoms with Crippen molar-refractivity contribution in [3.8, 4) is 0 Å². The summed E-state index contributed by atoms with van der Waals surface area (Å²) < 4.78 is 25.7. The molecule has 1 aromatic rings. The van der Waals surface area contributed by atoms with Crippen molar-refractivity contribution in [1.29, 1.82) is 0 Å². The SMILES string of the molecule is CCc1ccc(S(=O)(=O)NCC(O)C(N)=O)cc1. The van der Waals surface area contributed by atoms with E-state index >= 15 is 0 Å². The van der Waals surface area contributed by atoms with Crippen molar-refractivity contribution in [3.63, 3.8) is 0 Å². The number of benzene rings is 1. The number of amides is 1. The lowest BCUT2D eigenvalue weighted by molar-refractivity contribution is -0.125. The summed E-state index contributed by atoms with van der Waals surface area (Å²) in [7, 11) is -3.73. The van der Waals surface area contributed by atoms with Gasteiger partial charge in [-0.15, -0.1) is 0 Å². The van der Waals surface area contributed by atoms with Gasteiger partial charge in [0.15, 0.2) is 0 Å². The van der Waals surface area contributed by atoms with Crippen LogP contribution in [-0.4, -0.2) is 32.1 Å². The van der Waals surface area contributed by atoms with Gasteiger partial charge in [-0.2, -0.15) is 0 Å². The second kappa shape index (κ2) is 5.94. The number of hydrogen-bond acceptors (Lipinski definition) is 4. The molecule has 1 amide bonds. The van der Waals surface area contributed by atoms with Crippen LogP contribution >= 0.6 is 0 Å². The maximum atomic E-state index is 11.8. The number of primary amides is 1. The number of nitrogens with one attached hydrogen (secondary N) is 1. The van der Waals surface area contributed by atoms with Gasteiger partial charge in [0.05, 0.1) is 4.90 Å². The third-order valence-corrected chi connectivity index (χ3v) is 3.88. The number of carbonyl (C=O) groups is 1. The summed E-state index contributed by atoms with van der Waals surface area (Å²) in [6.45, 7) is 1.53. The Balaban J connectivity index is 2.76. The molecule has 0 aliphatic carbocycles. The molecular formula is C11H16N2O4S. The van der Waals surface area contributed by atoms with E-state index < -0.39 is 28.6 Å². The Morgan fingerprint density at radius 2 is 1.94 bits per heavy atom. The number of aryl methyl sites for hydroxylation is 1. The molecule has 4 N–H and O–H groups in total. The lowest BCUT2D eigenvalue weighted by atomic mass is 10.2. The fraction of sp³-hybridized carbons (Fsp3) is 0.364.